The average molecular weight is 811 g/mol. The maximum Gasteiger partial charge on any atom is 0.338 e. The van der Waals surface area contributed by atoms with Gasteiger partial charge in [-0.15, -0.1) is 0 Å². The van der Waals surface area contributed by atoms with E-state index in [2.05, 4.69) is 101 Å². The predicted octanol–water partition coefficient (Wildman–Crippen LogP) is 12.8. The first-order chi connectivity index (χ1) is 29.0. The fraction of sp³-hybridized carbons (Fsp3) is 0.556. The van der Waals surface area contributed by atoms with Crippen molar-refractivity contribution in [1.82, 2.24) is 0 Å². The second kappa shape index (κ2) is 19.6. The van der Waals surface area contributed by atoms with Crippen LogP contribution in [0.15, 0.2) is 94.7 Å². The molecule has 0 amide bonds. The first-order valence-corrected chi connectivity index (χ1v) is 23.4. The number of rotatable bonds is 16. The van der Waals surface area contributed by atoms with Gasteiger partial charge in [0.15, 0.2) is 6.20 Å². The third-order valence-electron chi connectivity index (χ3n) is 15.5. The van der Waals surface area contributed by atoms with Crippen LogP contribution in [0.3, 0.4) is 0 Å². The fourth-order valence-corrected chi connectivity index (χ4v) is 12.1. The van der Waals surface area contributed by atoms with Gasteiger partial charge in [0, 0.05) is 18.1 Å². The van der Waals surface area contributed by atoms with Gasteiger partial charge in [-0.2, -0.15) is 10.2 Å². The van der Waals surface area contributed by atoms with Crippen molar-refractivity contribution in [3.63, 3.8) is 0 Å². The third-order valence-corrected chi connectivity index (χ3v) is 15.5. The van der Waals surface area contributed by atoms with Crippen LogP contribution in [0.25, 0.3) is 12.3 Å². The molecule has 60 heavy (non-hydrogen) atoms. The molecule has 0 heterocycles. The van der Waals surface area contributed by atoms with E-state index in [9.17, 15) is 4.79 Å². The molecule has 4 aliphatic carbocycles. The molecule has 0 bridgehead atoms. The highest BCUT2D eigenvalue weighted by molar-refractivity contribution is 5.89. The smallest absolute Gasteiger partial charge is 0.338 e. The molecule has 0 aromatic heterocycles. The molecule has 0 saturated heterocycles. The maximum atomic E-state index is 13.4. The molecule has 0 aliphatic heterocycles. The normalized spacial score (nSPS) is 28.5. The molecular weight excluding hydrogens is 739 g/mol. The number of benzene rings is 3. The molecule has 3 aromatic rings. The molecule has 0 radical (unpaired) electrons. The second-order valence-corrected chi connectivity index (χ2v) is 19.7. The standard InChI is InChI=1S/C54H72N3O3/c1-8-40-16-9-10-17-42(40)37-57(7)34-11-12-35-59-46-25-23-45(24-26-46)56-55-44-21-18-41(19-22-44)52(58)60-47-30-32-53(5)43(36-47)20-27-48-50-29-28-49(39(4)15-13-14-38(2)3)54(50,6)33-31-51(48)53/h8-10,16-26,37-39,47-51H,7,11-15,27-36H2,1-6H3/q+1. The highest BCUT2D eigenvalue weighted by Gasteiger charge is 2.59. The number of hydrogen-bond acceptors (Lipinski definition) is 5. The summed E-state index contributed by atoms with van der Waals surface area (Å²) in [5, 5.41) is 11.2. The summed E-state index contributed by atoms with van der Waals surface area (Å²) in [7, 11) is 0. The number of ether oxygens (including phenoxy) is 2. The Morgan fingerprint density at radius 1 is 0.850 bits per heavy atom. The van der Waals surface area contributed by atoms with Crippen molar-refractivity contribution in [2.24, 2.45) is 56.6 Å². The van der Waals surface area contributed by atoms with Gasteiger partial charge in [0.1, 0.15) is 25.1 Å². The molecule has 7 rings (SSSR count). The fourth-order valence-electron chi connectivity index (χ4n) is 12.1. The van der Waals surface area contributed by atoms with Crippen molar-refractivity contribution >= 4 is 36.3 Å². The number of hydrogen-bond donors (Lipinski definition) is 0. The molecule has 320 valence electrons. The summed E-state index contributed by atoms with van der Waals surface area (Å²) in [5.74, 6) is 5.53. The number of azo groups is 1. The Balaban J connectivity index is 0.849. The molecule has 6 heteroatoms. The Morgan fingerprint density at radius 3 is 2.28 bits per heavy atom. The topological polar surface area (TPSA) is 63.3 Å². The number of carbonyl (C=O) groups excluding carboxylic acids is 1. The van der Waals surface area contributed by atoms with Crippen molar-refractivity contribution in [2.45, 2.75) is 131 Å². The van der Waals surface area contributed by atoms with Crippen molar-refractivity contribution in [3.05, 3.63) is 100 Å². The number of unbranched alkanes of at least 4 members (excludes halogenated alkanes) is 1. The summed E-state index contributed by atoms with van der Waals surface area (Å²) >= 11 is 0. The van der Waals surface area contributed by atoms with Gasteiger partial charge in [-0.25, -0.2) is 9.37 Å². The minimum Gasteiger partial charge on any atom is -0.494 e. The number of fused-ring (bicyclic) bond motifs is 5. The second-order valence-electron chi connectivity index (χ2n) is 19.7. The van der Waals surface area contributed by atoms with E-state index >= 15 is 0 Å². The van der Waals surface area contributed by atoms with E-state index in [4.69, 9.17) is 9.47 Å². The van der Waals surface area contributed by atoms with Gasteiger partial charge in [-0.1, -0.05) is 89.8 Å². The maximum absolute atomic E-state index is 13.4. The zero-order valence-corrected chi connectivity index (χ0v) is 37.6. The number of esters is 1. The van der Waals surface area contributed by atoms with E-state index in [1.165, 1.54) is 61.8 Å². The molecule has 0 N–H and O–H groups in total. The van der Waals surface area contributed by atoms with Crippen LogP contribution in [0.2, 0.25) is 0 Å². The summed E-state index contributed by atoms with van der Waals surface area (Å²) in [5.41, 5.74) is 4.29. The number of nitrogens with zero attached hydrogens (tertiary/aromatic N) is 3. The van der Waals surface area contributed by atoms with Gasteiger partial charge in [0.25, 0.3) is 0 Å². The van der Waals surface area contributed by atoms with Gasteiger partial charge in [0.2, 0.25) is 0 Å². The number of allylic oxidation sites excluding steroid dienone is 1. The van der Waals surface area contributed by atoms with Crippen LogP contribution in [0.4, 0.5) is 11.4 Å². The van der Waals surface area contributed by atoms with Crippen LogP contribution >= 0.6 is 0 Å². The van der Waals surface area contributed by atoms with Crippen LogP contribution in [-0.2, 0) is 4.74 Å². The van der Waals surface area contributed by atoms with Crippen molar-refractivity contribution in [2.75, 3.05) is 13.2 Å². The molecule has 6 nitrogen and oxygen atoms in total. The first kappa shape index (κ1) is 43.8. The molecule has 3 aromatic carbocycles. The molecular formula is C54H72N3O3+. The summed E-state index contributed by atoms with van der Waals surface area (Å²) in [4.78, 5) is 13.4. The van der Waals surface area contributed by atoms with Crippen molar-refractivity contribution < 1.29 is 18.8 Å². The Bertz CT molecular complexity index is 2120. The molecule has 0 spiro atoms. The van der Waals surface area contributed by atoms with E-state index in [0.29, 0.717) is 23.3 Å². The summed E-state index contributed by atoms with van der Waals surface area (Å²) < 4.78 is 14.2. The Morgan fingerprint density at radius 2 is 1.57 bits per heavy atom. The van der Waals surface area contributed by atoms with E-state index in [1.54, 1.807) is 17.7 Å². The predicted molar refractivity (Wildman–Crippen MR) is 247 cm³/mol. The first-order valence-electron chi connectivity index (χ1n) is 23.4. The molecule has 8 unspecified atom stereocenters. The highest BCUT2D eigenvalue weighted by Crippen LogP contribution is 2.67. The molecule has 4 aliphatic rings. The highest BCUT2D eigenvalue weighted by atomic mass is 16.5. The van der Waals surface area contributed by atoms with Crippen LogP contribution in [0, 0.1) is 46.3 Å². The summed E-state index contributed by atoms with van der Waals surface area (Å²) in [6, 6.07) is 23.3. The van der Waals surface area contributed by atoms with E-state index < -0.39 is 0 Å². The van der Waals surface area contributed by atoms with E-state index in [1.807, 2.05) is 41.0 Å². The minimum atomic E-state index is -0.247. The number of carbonyl (C=O) groups is 1. The van der Waals surface area contributed by atoms with E-state index in [-0.39, 0.29) is 17.5 Å². The van der Waals surface area contributed by atoms with Gasteiger partial charge in [-0.05, 0) is 164 Å². The van der Waals surface area contributed by atoms with Crippen LogP contribution in [-0.4, -0.2) is 36.5 Å². The van der Waals surface area contributed by atoms with Gasteiger partial charge in [-0.3, -0.25) is 0 Å². The van der Waals surface area contributed by atoms with Gasteiger partial charge < -0.3 is 9.47 Å². The van der Waals surface area contributed by atoms with E-state index in [0.717, 1.165) is 85.6 Å². The lowest BCUT2D eigenvalue weighted by atomic mass is 9.47. The van der Waals surface area contributed by atoms with Crippen molar-refractivity contribution in [1.29, 1.82) is 0 Å². The summed E-state index contributed by atoms with van der Waals surface area (Å²) in [6.45, 7) is 20.3. The minimum absolute atomic E-state index is 0.0631. The third kappa shape index (κ3) is 10.1. The zero-order chi connectivity index (χ0) is 42.3. The molecule has 8 atom stereocenters. The van der Waals surface area contributed by atoms with Gasteiger partial charge in [0.05, 0.1) is 23.5 Å². The molecule has 3 fully saturated rings. The average Bonchev–Trinajstić information content (AvgIpc) is 3.61. The Hall–Kier alpha value is -4.32. The lowest BCUT2D eigenvalue weighted by Crippen LogP contribution is -2.51. The van der Waals surface area contributed by atoms with Crippen LogP contribution in [0.1, 0.15) is 135 Å². The van der Waals surface area contributed by atoms with Crippen LogP contribution in [0.5, 0.6) is 5.75 Å². The lowest BCUT2D eigenvalue weighted by molar-refractivity contribution is -0.412. The Labute approximate surface area is 361 Å². The zero-order valence-electron chi connectivity index (χ0n) is 37.6. The SMILES string of the molecule is C=[N+](C=c1ccccc1=CC)CCCCOc1ccc(N=Nc2ccc(C(=O)OC3CCC4(C)C(=CCC5C4CCC4(C)C(C(C)CCCC(C)C)CCC54)C3)cc2)cc1. The van der Waals surface area contributed by atoms with Crippen LogP contribution < -0.4 is 15.2 Å². The largest absolute Gasteiger partial charge is 0.494 e. The Kier molecular flexibility index (Phi) is 14.3. The monoisotopic (exact) mass is 811 g/mol. The molecule has 3 saturated carbocycles. The summed E-state index contributed by atoms with van der Waals surface area (Å²) in [6.07, 6.45) is 22.6. The van der Waals surface area contributed by atoms with Gasteiger partial charge >= 0.3 is 5.97 Å². The quantitative estimate of drug-likeness (QED) is 0.0361. The lowest BCUT2D eigenvalue weighted by Gasteiger charge is -2.58. The van der Waals surface area contributed by atoms with Crippen molar-refractivity contribution in [3.8, 4) is 5.75 Å².